The third kappa shape index (κ3) is 40.7. The Kier molecular flexibility index (Phi) is 49.4. The third-order valence-corrected chi connectivity index (χ3v) is 15.1. The Bertz CT molecular complexity index is 1440. The van der Waals surface area contributed by atoms with E-state index in [1.165, 1.54) is 324 Å². The Balaban J connectivity index is 0.0000245. The minimum Gasteiger partial charge on any atom is -0.252 e. The maximum absolute atomic E-state index is 5.56. The monoisotopic (exact) mass is 1010 g/mol. The minimum atomic E-state index is 0. The summed E-state index contributed by atoms with van der Waals surface area (Å²) in [5.74, 6) is 0. The molecule has 0 atom stereocenters. The first-order chi connectivity index (χ1) is 34.2. The average molecular weight is 1010 g/mol. The molecule has 2 nitrogen and oxygen atoms in total. The standard InChI is InChI=1S/C67H118N2.Ni/c1-5-9-13-17-20-23-26-29-30-31-32-33-36-39-42-45-49-59-67(69-65-57-51-55-63(61-65)53-47-44-41-38-35-28-25-22-19-15-11-7-3)66(58-48-16-12-8-4)68-64-56-50-54-62(60-64)52-46-43-40-37-34-27-24-21-18-14-10-6-2;/h50-51,54-57,60-61H,5-49,52-53,58-59H2,1-4H3;. The van der Waals surface area contributed by atoms with E-state index in [9.17, 15) is 0 Å². The Morgan fingerprint density at radius 1 is 0.271 bits per heavy atom. The maximum Gasteiger partial charge on any atom is 0.0636 e. The minimum absolute atomic E-state index is 0. The van der Waals surface area contributed by atoms with E-state index >= 15 is 0 Å². The first-order valence-corrected chi connectivity index (χ1v) is 31.5. The van der Waals surface area contributed by atoms with Gasteiger partial charge in [-0.3, -0.25) is 9.98 Å². The maximum atomic E-state index is 5.56. The van der Waals surface area contributed by atoms with Crippen molar-refractivity contribution in [3.63, 3.8) is 0 Å². The number of nitrogens with zero attached hydrogens (tertiary/aromatic N) is 2. The number of hydrogen-bond donors (Lipinski definition) is 0. The molecule has 70 heavy (non-hydrogen) atoms. The third-order valence-electron chi connectivity index (χ3n) is 15.1. The fraction of sp³-hybridized carbons (Fsp3) is 0.791. The van der Waals surface area contributed by atoms with E-state index in [1.807, 2.05) is 0 Å². The van der Waals surface area contributed by atoms with E-state index in [-0.39, 0.29) is 16.5 Å². The largest absolute Gasteiger partial charge is 0.252 e. The Morgan fingerprint density at radius 2 is 0.486 bits per heavy atom. The van der Waals surface area contributed by atoms with Crippen molar-refractivity contribution in [3.05, 3.63) is 59.7 Å². The van der Waals surface area contributed by atoms with E-state index in [0.29, 0.717) is 0 Å². The second-order valence-electron chi connectivity index (χ2n) is 22.0. The van der Waals surface area contributed by atoms with Crippen LogP contribution in [-0.2, 0) is 29.3 Å². The second-order valence-corrected chi connectivity index (χ2v) is 22.0. The van der Waals surface area contributed by atoms with Crippen molar-refractivity contribution in [3.8, 4) is 0 Å². The van der Waals surface area contributed by atoms with Crippen LogP contribution in [0.3, 0.4) is 0 Å². The zero-order valence-electron chi connectivity index (χ0n) is 47.5. The molecule has 0 saturated heterocycles. The van der Waals surface area contributed by atoms with Gasteiger partial charge in [0.25, 0.3) is 0 Å². The zero-order valence-corrected chi connectivity index (χ0v) is 48.5. The summed E-state index contributed by atoms with van der Waals surface area (Å²) in [4.78, 5) is 11.1. The molecule has 0 spiro atoms. The van der Waals surface area contributed by atoms with Crippen molar-refractivity contribution in [1.29, 1.82) is 0 Å². The normalized spacial score (nSPS) is 12.0. The van der Waals surface area contributed by atoms with Crippen LogP contribution in [0.15, 0.2) is 58.5 Å². The number of aliphatic imine (C=N–C) groups is 2. The molecular weight excluding hydrogens is 891 g/mol. The predicted molar refractivity (Wildman–Crippen MR) is 314 cm³/mol. The van der Waals surface area contributed by atoms with Gasteiger partial charge < -0.3 is 0 Å². The molecule has 0 aliphatic heterocycles. The number of unbranched alkanes of at least 4 members (excludes halogenated alkanes) is 41. The average Bonchev–Trinajstić information content (AvgIpc) is 3.36. The zero-order chi connectivity index (χ0) is 49.2. The summed E-state index contributed by atoms with van der Waals surface area (Å²) >= 11 is 0. The van der Waals surface area contributed by atoms with Crippen molar-refractivity contribution in [1.82, 2.24) is 0 Å². The fourth-order valence-corrected chi connectivity index (χ4v) is 10.5. The van der Waals surface area contributed by atoms with Crippen molar-refractivity contribution in [2.45, 2.75) is 342 Å². The number of benzene rings is 2. The van der Waals surface area contributed by atoms with Crippen molar-refractivity contribution in [2.24, 2.45) is 9.98 Å². The van der Waals surface area contributed by atoms with E-state index in [4.69, 9.17) is 9.98 Å². The van der Waals surface area contributed by atoms with Crippen LogP contribution in [0.25, 0.3) is 0 Å². The van der Waals surface area contributed by atoms with Crippen LogP contribution in [0.2, 0.25) is 0 Å². The van der Waals surface area contributed by atoms with Crippen LogP contribution < -0.4 is 0 Å². The molecule has 0 amide bonds. The van der Waals surface area contributed by atoms with Gasteiger partial charge in [-0.05, 0) is 86.8 Å². The quantitative estimate of drug-likeness (QED) is 0.0358. The summed E-state index contributed by atoms with van der Waals surface area (Å²) in [6.45, 7) is 9.26. The predicted octanol–water partition coefficient (Wildman–Crippen LogP) is 24.0. The molecular formula is C67H118N2Ni. The van der Waals surface area contributed by atoms with Gasteiger partial charge in [0.2, 0.25) is 0 Å². The summed E-state index contributed by atoms with van der Waals surface area (Å²) in [6, 6.07) is 18.5. The van der Waals surface area contributed by atoms with Crippen LogP contribution in [0, 0.1) is 0 Å². The molecule has 0 aliphatic rings. The molecule has 2 rings (SSSR count). The summed E-state index contributed by atoms with van der Waals surface area (Å²) in [6.07, 6.45) is 67.0. The molecule has 0 saturated carbocycles. The Hall–Kier alpha value is -1.73. The summed E-state index contributed by atoms with van der Waals surface area (Å²) in [5, 5.41) is 0. The number of rotatable bonds is 52. The van der Waals surface area contributed by atoms with Gasteiger partial charge in [-0.25, -0.2) is 0 Å². The molecule has 0 bridgehead atoms. The molecule has 3 heteroatoms. The Labute approximate surface area is 448 Å². The van der Waals surface area contributed by atoms with Crippen LogP contribution in [-0.4, -0.2) is 11.4 Å². The molecule has 2 aromatic rings. The molecule has 406 valence electrons. The second kappa shape index (κ2) is 52.1. The SMILES string of the molecule is CCCCCCCCCCCCCCCCCCCC(=Nc1cccc(CCCCCCCCCCCCCC)c1)C(CCCCCC)=Nc1cccc(CCCCCCCCCCCCCC)c1.[Ni]. The molecule has 0 heterocycles. The Morgan fingerprint density at radius 3 is 0.743 bits per heavy atom. The van der Waals surface area contributed by atoms with E-state index < -0.39 is 0 Å². The van der Waals surface area contributed by atoms with E-state index in [0.717, 1.165) is 24.2 Å². The molecule has 2 aromatic carbocycles. The molecule has 0 fully saturated rings. The molecule has 0 aliphatic carbocycles. The first-order valence-electron chi connectivity index (χ1n) is 31.5. The van der Waals surface area contributed by atoms with Crippen LogP contribution in [0.5, 0.6) is 0 Å². The molecule has 0 aromatic heterocycles. The van der Waals surface area contributed by atoms with Crippen molar-refractivity contribution in [2.75, 3.05) is 0 Å². The summed E-state index contributed by atoms with van der Waals surface area (Å²) in [5.41, 5.74) is 7.67. The van der Waals surface area contributed by atoms with Gasteiger partial charge in [-0.1, -0.05) is 315 Å². The van der Waals surface area contributed by atoms with Crippen LogP contribution >= 0.6 is 0 Å². The molecule has 0 radical (unpaired) electrons. The van der Waals surface area contributed by atoms with Gasteiger partial charge in [-0.2, -0.15) is 0 Å². The van der Waals surface area contributed by atoms with Gasteiger partial charge in [0, 0.05) is 16.5 Å². The van der Waals surface area contributed by atoms with Crippen LogP contribution in [0.4, 0.5) is 11.4 Å². The molecule has 0 unspecified atom stereocenters. The number of aryl methyl sites for hydroxylation is 2. The fourth-order valence-electron chi connectivity index (χ4n) is 10.5. The molecule has 0 N–H and O–H groups in total. The summed E-state index contributed by atoms with van der Waals surface area (Å²) < 4.78 is 0. The smallest absolute Gasteiger partial charge is 0.0636 e. The number of hydrogen-bond acceptors (Lipinski definition) is 2. The van der Waals surface area contributed by atoms with Crippen molar-refractivity contribution >= 4 is 22.8 Å². The van der Waals surface area contributed by atoms with E-state index in [1.54, 1.807) is 0 Å². The first kappa shape index (κ1) is 66.3. The summed E-state index contributed by atoms with van der Waals surface area (Å²) in [7, 11) is 0. The van der Waals surface area contributed by atoms with E-state index in [2.05, 4.69) is 76.2 Å². The van der Waals surface area contributed by atoms with Gasteiger partial charge in [0.15, 0.2) is 0 Å². The van der Waals surface area contributed by atoms with Crippen molar-refractivity contribution < 1.29 is 16.5 Å². The van der Waals surface area contributed by atoms with Gasteiger partial charge >= 0.3 is 0 Å². The van der Waals surface area contributed by atoms with Gasteiger partial charge in [0.05, 0.1) is 22.8 Å². The topological polar surface area (TPSA) is 24.7 Å². The van der Waals surface area contributed by atoms with Gasteiger partial charge in [-0.15, -0.1) is 0 Å². The van der Waals surface area contributed by atoms with Crippen LogP contribution in [0.1, 0.15) is 341 Å². The van der Waals surface area contributed by atoms with Gasteiger partial charge in [0.1, 0.15) is 0 Å².